The van der Waals surface area contributed by atoms with Crippen LogP contribution < -0.4 is 5.32 Å². The molecule has 21 heavy (non-hydrogen) atoms. The van der Waals surface area contributed by atoms with Gasteiger partial charge in [0.2, 0.25) is 5.91 Å². The van der Waals surface area contributed by atoms with Crippen LogP contribution in [0.1, 0.15) is 19.3 Å². The monoisotopic (exact) mass is 304 g/mol. The summed E-state index contributed by atoms with van der Waals surface area (Å²) in [6, 6.07) is 0. The molecule has 0 aromatic heterocycles. The van der Waals surface area contributed by atoms with Crippen LogP contribution >= 0.6 is 0 Å². The number of hydrogen-bond donors (Lipinski definition) is 2. The minimum atomic E-state index is -0.885. The van der Waals surface area contributed by atoms with Gasteiger partial charge < -0.3 is 19.9 Å². The van der Waals surface area contributed by atoms with Gasteiger partial charge in [-0.2, -0.15) is 0 Å². The summed E-state index contributed by atoms with van der Waals surface area (Å²) in [4.78, 5) is 35.0. The van der Waals surface area contributed by atoms with Crippen molar-refractivity contribution in [2.45, 2.75) is 19.3 Å². The predicted octanol–water partition coefficient (Wildman–Crippen LogP) is -0.521. The quantitative estimate of drug-likeness (QED) is 0.369. The van der Waals surface area contributed by atoms with Gasteiger partial charge in [0.05, 0.1) is 26.7 Å². The molecular weight excluding hydrogens is 280 g/mol. The number of rotatable bonds is 12. The van der Waals surface area contributed by atoms with Gasteiger partial charge in [-0.1, -0.05) is 0 Å². The smallest absolute Gasteiger partial charge is 0.306 e. The standard InChI is InChI=1S/C13H24N2O6/c1-20-9-8-15(7-5-13(19)21-2)10-11(16)14-6-3-4-12(17)18/h3-10H2,1-2H3,(H,14,16)(H,17,18). The van der Waals surface area contributed by atoms with Crippen LogP contribution in [0.25, 0.3) is 0 Å². The molecule has 8 nitrogen and oxygen atoms in total. The van der Waals surface area contributed by atoms with E-state index in [0.717, 1.165) is 0 Å². The number of carboxylic acids is 1. The number of ether oxygens (including phenoxy) is 2. The molecule has 0 fully saturated rings. The Hall–Kier alpha value is -1.67. The normalized spacial score (nSPS) is 10.4. The van der Waals surface area contributed by atoms with Crippen molar-refractivity contribution in [2.75, 3.05) is 47.0 Å². The second-order valence-corrected chi connectivity index (χ2v) is 4.44. The molecule has 0 spiro atoms. The van der Waals surface area contributed by atoms with Crippen molar-refractivity contribution < 1.29 is 29.0 Å². The Morgan fingerprint density at radius 3 is 2.43 bits per heavy atom. The maximum Gasteiger partial charge on any atom is 0.306 e. The van der Waals surface area contributed by atoms with Crippen molar-refractivity contribution in [3.8, 4) is 0 Å². The molecule has 122 valence electrons. The Balaban J connectivity index is 4.03. The average molecular weight is 304 g/mol. The van der Waals surface area contributed by atoms with Crippen molar-refractivity contribution in [1.29, 1.82) is 0 Å². The fourth-order valence-corrected chi connectivity index (χ4v) is 1.57. The first-order chi connectivity index (χ1) is 9.99. The Morgan fingerprint density at radius 2 is 1.86 bits per heavy atom. The molecule has 0 aliphatic rings. The lowest BCUT2D eigenvalue weighted by atomic mass is 10.3. The number of aliphatic carboxylic acids is 1. The summed E-state index contributed by atoms with van der Waals surface area (Å²) in [5.74, 6) is -1.43. The summed E-state index contributed by atoms with van der Waals surface area (Å²) >= 11 is 0. The number of methoxy groups -OCH3 is 2. The van der Waals surface area contributed by atoms with Crippen LogP contribution in [0.3, 0.4) is 0 Å². The van der Waals surface area contributed by atoms with E-state index in [1.807, 2.05) is 0 Å². The molecule has 0 atom stereocenters. The fraction of sp³-hybridized carbons (Fsp3) is 0.769. The van der Waals surface area contributed by atoms with E-state index in [9.17, 15) is 14.4 Å². The van der Waals surface area contributed by atoms with Crippen LogP contribution in [0, 0.1) is 0 Å². The van der Waals surface area contributed by atoms with Crippen LogP contribution in [-0.4, -0.2) is 74.9 Å². The molecule has 1 amide bonds. The van der Waals surface area contributed by atoms with E-state index in [1.165, 1.54) is 7.11 Å². The number of nitrogens with zero attached hydrogens (tertiary/aromatic N) is 1. The number of hydrogen-bond acceptors (Lipinski definition) is 6. The molecule has 0 bridgehead atoms. The first-order valence-corrected chi connectivity index (χ1v) is 6.76. The van der Waals surface area contributed by atoms with Crippen LogP contribution in [-0.2, 0) is 23.9 Å². The van der Waals surface area contributed by atoms with Gasteiger partial charge in [0.1, 0.15) is 0 Å². The third-order valence-electron chi connectivity index (χ3n) is 2.73. The molecule has 0 saturated carbocycles. The average Bonchev–Trinajstić information content (AvgIpc) is 2.45. The Bertz CT molecular complexity index is 335. The van der Waals surface area contributed by atoms with E-state index in [2.05, 4.69) is 10.1 Å². The minimum Gasteiger partial charge on any atom is -0.481 e. The number of carboxylic acid groups (broad SMARTS) is 1. The Labute approximate surface area is 124 Å². The van der Waals surface area contributed by atoms with Gasteiger partial charge in [0.25, 0.3) is 0 Å². The summed E-state index contributed by atoms with van der Waals surface area (Å²) in [6.07, 6.45) is 0.615. The highest BCUT2D eigenvalue weighted by Gasteiger charge is 2.12. The molecule has 0 saturated heterocycles. The lowest BCUT2D eigenvalue weighted by molar-refractivity contribution is -0.141. The second kappa shape index (κ2) is 12.1. The summed E-state index contributed by atoms with van der Waals surface area (Å²) in [6.45, 7) is 1.83. The van der Waals surface area contributed by atoms with Gasteiger partial charge in [-0.05, 0) is 6.42 Å². The van der Waals surface area contributed by atoms with E-state index in [4.69, 9.17) is 9.84 Å². The molecule has 2 N–H and O–H groups in total. The number of nitrogens with one attached hydrogen (secondary N) is 1. The SMILES string of the molecule is COCCN(CCC(=O)OC)CC(=O)NCCCC(=O)O. The zero-order chi connectivity index (χ0) is 16.1. The van der Waals surface area contributed by atoms with Crippen molar-refractivity contribution in [2.24, 2.45) is 0 Å². The first-order valence-electron chi connectivity index (χ1n) is 6.76. The third kappa shape index (κ3) is 11.8. The van der Waals surface area contributed by atoms with Crippen molar-refractivity contribution in [3.63, 3.8) is 0 Å². The molecule has 0 aliphatic heterocycles. The van der Waals surface area contributed by atoms with Crippen LogP contribution in [0.15, 0.2) is 0 Å². The lowest BCUT2D eigenvalue weighted by Gasteiger charge is -2.20. The highest BCUT2D eigenvalue weighted by molar-refractivity contribution is 5.78. The van der Waals surface area contributed by atoms with Gasteiger partial charge in [-0.3, -0.25) is 19.3 Å². The van der Waals surface area contributed by atoms with E-state index in [1.54, 1.807) is 12.0 Å². The Morgan fingerprint density at radius 1 is 1.14 bits per heavy atom. The molecule has 0 rings (SSSR count). The molecule has 8 heteroatoms. The van der Waals surface area contributed by atoms with Crippen molar-refractivity contribution in [3.05, 3.63) is 0 Å². The lowest BCUT2D eigenvalue weighted by Crippen LogP contribution is -2.40. The number of carbonyl (C=O) groups is 3. The van der Waals surface area contributed by atoms with E-state index < -0.39 is 5.97 Å². The molecule has 0 radical (unpaired) electrons. The third-order valence-corrected chi connectivity index (χ3v) is 2.73. The van der Waals surface area contributed by atoms with Crippen LogP contribution in [0.4, 0.5) is 0 Å². The van der Waals surface area contributed by atoms with E-state index in [0.29, 0.717) is 32.7 Å². The van der Waals surface area contributed by atoms with Gasteiger partial charge >= 0.3 is 11.9 Å². The second-order valence-electron chi connectivity index (χ2n) is 4.44. The zero-order valence-electron chi connectivity index (χ0n) is 12.6. The highest BCUT2D eigenvalue weighted by atomic mass is 16.5. The zero-order valence-corrected chi connectivity index (χ0v) is 12.6. The number of esters is 1. The van der Waals surface area contributed by atoms with Gasteiger partial charge in [-0.15, -0.1) is 0 Å². The van der Waals surface area contributed by atoms with Crippen LogP contribution in [0.5, 0.6) is 0 Å². The minimum absolute atomic E-state index is 0.0238. The molecule has 0 aromatic carbocycles. The van der Waals surface area contributed by atoms with E-state index >= 15 is 0 Å². The summed E-state index contributed by atoms with van der Waals surface area (Å²) in [5.41, 5.74) is 0. The van der Waals surface area contributed by atoms with Crippen molar-refractivity contribution >= 4 is 17.8 Å². The summed E-state index contributed by atoms with van der Waals surface area (Å²) in [7, 11) is 2.88. The number of carbonyl (C=O) groups excluding carboxylic acids is 2. The highest BCUT2D eigenvalue weighted by Crippen LogP contribution is 1.94. The number of amides is 1. The van der Waals surface area contributed by atoms with E-state index in [-0.39, 0.29) is 31.3 Å². The van der Waals surface area contributed by atoms with Crippen molar-refractivity contribution in [1.82, 2.24) is 10.2 Å². The van der Waals surface area contributed by atoms with Gasteiger partial charge in [-0.25, -0.2) is 0 Å². The maximum atomic E-state index is 11.7. The van der Waals surface area contributed by atoms with Gasteiger partial charge in [0.15, 0.2) is 0 Å². The first kappa shape index (κ1) is 19.3. The Kier molecular flexibility index (Phi) is 11.1. The molecule has 0 aromatic rings. The summed E-state index contributed by atoms with van der Waals surface area (Å²) < 4.78 is 9.52. The fourth-order valence-electron chi connectivity index (χ4n) is 1.57. The molecule has 0 heterocycles. The molecular formula is C13H24N2O6. The van der Waals surface area contributed by atoms with Crippen LogP contribution in [0.2, 0.25) is 0 Å². The molecule has 0 unspecified atom stereocenters. The molecule has 0 aliphatic carbocycles. The largest absolute Gasteiger partial charge is 0.481 e. The maximum absolute atomic E-state index is 11.7. The topological polar surface area (TPSA) is 105 Å². The predicted molar refractivity (Wildman–Crippen MR) is 74.8 cm³/mol. The summed E-state index contributed by atoms with van der Waals surface area (Å²) in [5, 5.41) is 11.1. The van der Waals surface area contributed by atoms with Gasteiger partial charge in [0, 0.05) is 33.2 Å².